The fourth-order valence-corrected chi connectivity index (χ4v) is 5.17. The molecule has 2 N–H and O–H groups in total. The van der Waals surface area contributed by atoms with Gasteiger partial charge in [0.05, 0.1) is 9.09 Å². The fraction of sp³-hybridized carbons (Fsp3) is 0.375. The quantitative estimate of drug-likeness (QED) is 0.904. The summed E-state index contributed by atoms with van der Waals surface area (Å²) in [7, 11) is 0. The highest BCUT2D eigenvalue weighted by atomic mass is 32.2. The molecule has 2 aromatic heterocycles. The molecule has 22 heavy (non-hydrogen) atoms. The Kier molecular flexibility index (Phi) is 3.90. The number of carbonyl (C=O) groups excluding carboxylic acids is 1. The van der Waals surface area contributed by atoms with Crippen molar-refractivity contribution in [1.29, 1.82) is 0 Å². The van der Waals surface area contributed by atoms with Gasteiger partial charge in [0, 0.05) is 24.3 Å². The van der Waals surface area contributed by atoms with Crippen LogP contribution in [-0.2, 0) is 0 Å². The predicted molar refractivity (Wildman–Crippen MR) is 88.5 cm³/mol. The Balaban J connectivity index is 1.39. The van der Waals surface area contributed by atoms with Crippen molar-refractivity contribution in [2.24, 2.45) is 0 Å². The summed E-state index contributed by atoms with van der Waals surface area (Å²) in [5.41, 5.74) is 0. The molecule has 0 saturated carbocycles. The third kappa shape index (κ3) is 2.91. The molecule has 0 aromatic carbocycles. The van der Waals surface area contributed by atoms with E-state index < -0.39 is 0 Å². The second kappa shape index (κ2) is 6.02. The zero-order valence-corrected chi connectivity index (χ0v) is 13.6. The van der Waals surface area contributed by atoms with Gasteiger partial charge in [-0.3, -0.25) is 4.79 Å². The molecule has 4 rings (SSSR count). The predicted octanol–water partition coefficient (Wildman–Crippen LogP) is 2.92. The largest absolute Gasteiger partial charge is 0.347 e. The summed E-state index contributed by atoms with van der Waals surface area (Å²) in [5.74, 6) is 0.0530. The van der Waals surface area contributed by atoms with E-state index in [0.717, 1.165) is 20.5 Å². The Morgan fingerprint density at radius 2 is 2.27 bits per heavy atom. The van der Waals surface area contributed by atoms with Crippen molar-refractivity contribution in [3.8, 4) is 0 Å². The monoisotopic (exact) mass is 331 g/mol. The summed E-state index contributed by atoms with van der Waals surface area (Å²) >= 11 is 3.13. The maximum Gasteiger partial charge on any atom is 0.261 e. The van der Waals surface area contributed by atoms with Gasteiger partial charge in [-0.1, -0.05) is 17.8 Å². The van der Waals surface area contributed by atoms with Crippen LogP contribution in [0.5, 0.6) is 0 Å². The number of pyridine rings is 1. The number of rotatable bonds is 4. The molecule has 2 bridgehead atoms. The minimum Gasteiger partial charge on any atom is -0.347 e. The molecule has 0 aliphatic carbocycles. The lowest BCUT2D eigenvalue weighted by Gasteiger charge is -2.20. The van der Waals surface area contributed by atoms with Gasteiger partial charge < -0.3 is 10.6 Å². The Morgan fingerprint density at radius 3 is 3.00 bits per heavy atom. The van der Waals surface area contributed by atoms with Gasteiger partial charge in [-0.25, -0.2) is 4.98 Å². The van der Waals surface area contributed by atoms with Gasteiger partial charge in [0.2, 0.25) is 0 Å². The lowest BCUT2D eigenvalue weighted by Crippen LogP contribution is -2.42. The molecule has 2 aromatic rings. The topological polar surface area (TPSA) is 54.0 Å². The molecule has 0 unspecified atom stereocenters. The van der Waals surface area contributed by atoms with E-state index in [4.69, 9.17) is 0 Å². The minimum absolute atomic E-state index is 0.0530. The van der Waals surface area contributed by atoms with Gasteiger partial charge in [-0.15, -0.1) is 11.3 Å². The van der Waals surface area contributed by atoms with Gasteiger partial charge >= 0.3 is 0 Å². The number of amides is 1. The molecule has 2 aliphatic heterocycles. The standard InChI is InChI=1S/C16H17N3OS2/c20-16(19-12-9-10-4-5-11(12)18-10)13-6-7-15(21-13)22-14-3-1-2-8-17-14/h1-3,6-8,10-12,18H,4-5,9H2,(H,19,20)/t10-,11+,12-/m1/s1. The first-order valence-electron chi connectivity index (χ1n) is 7.53. The van der Waals surface area contributed by atoms with Crippen LogP contribution in [0.1, 0.15) is 28.9 Å². The molecule has 3 atom stereocenters. The van der Waals surface area contributed by atoms with Crippen LogP contribution in [0.15, 0.2) is 45.8 Å². The van der Waals surface area contributed by atoms with Crippen molar-refractivity contribution in [2.45, 2.75) is 46.6 Å². The lowest BCUT2D eigenvalue weighted by atomic mass is 9.95. The number of nitrogens with one attached hydrogen (secondary N) is 2. The van der Waals surface area contributed by atoms with Crippen LogP contribution < -0.4 is 10.6 Å². The molecular weight excluding hydrogens is 314 g/mol. The number of thiophene rings is 1. The number of carbonyl (C=O) groups is 1. The molecule has 4 heterocycles. The third-order valence-corrected chi connectivity index (χ3v) is 6.43. The van der Waals surface area contributed by atoms with Crippen LogP contribution in [0.4, 0.5) is 0 Å². The molecule has 6 heteroatoms. The maximum absolute atomic E-state index is 12.4. The summed E-state index contributed by atoms with van der Waals surface area (Å²) in [6, 6.07) is 11.1. The van der Waals surface area contributed by atoms with Crippen molar-refractivity contribution in [3.63, 3.8) is 0 Å². The van der Waals surface area contributed by atoms with Crippen LogP contribution in [0, 0.1) is 0 Å². The average molecular weight is 331 g/mol. The smallest absolute Gasteiger partial charge is 0.261 e. The highest BCUT2D eigenvalue weighted by molar-refractivity contribution is 8.01. The zero-order valence-electron chi connectivity index (χ0n) is 12.0. The Morgan fingerprint density at radius 1 is 1.32 bits per heavy atom. The highest BCUT2D eigenvalue weighted by Gasteiger charge is 2.39. The van der Waals surface area contributed by atoms with E-state index in [0.29, 0.717) is 18.1 Å². The Labute approximate surface area is 137 Å². The second-order valence-electron chi connectivity index (χ2n) is 5.75. The van der Waals surface area contributed by atoms with Crippen molar-refractivity contribution in [2.75, 3.05) is 0 Å². The number of fused-ring (bicyclic) bond motifs is 2. The molecular formula is C16H17N3OS2. The maximum atomic E-state index is 12.4. The zero-order chi connectivity index (χ0) is 14.9. The van der Waals surface area contributed by atoms with E-state index in [1.54, 1.807) is 18.0 Å². The molecule has 2 fully saturated rings. The third-order valence-electron chi connectivity index (χ3n) is 4.26. The minimum atomic E-state index is 0.0530. The van der Waals surface area contributed by atoms with Crippen LogP contribution >= 0.6 is 23.1 Å². The van der Waals surface area contributed by atoms with Gasteiger partial charge in [0.25, 0.3) is 5.91 Å². The SMILES string of the molecule is O=C(N[C@@H]1C[C@H]2CC[C@@H]1N2)c1ccc(Sc2ccccn2)s1. The van der Waals surface area contributed by atoms with Gasteiger partial charge in [0.1, 0.15) is 5.03 Å². The van der Waals surface area contributed by atoms with Crippen molar-refractivity contribution in [1.82, 2.24) is 15.6 Å². The van der Waals surface area contributed by atoms with Crippen LogP contribution in [0.3, 0.4) is 0 Å². The summed E-state index contributed by atoms with van der Waals surface area (Å²) < 4.78 is 1.09. The van der Waals surface area contributed by atoms with E-state index in [2.05, 4.69) is 15.6 Å². The van der Waals surface area contributed by atoms with Crippen LogP contribution in [0.2, 0.25) is 0 Å². The molecule has 1 amide bonds. The molecule has 2 aliphatic rings. The average Bonchev–Trinajstić information content (AvgIpc) is 3.24. The number of hydrogen-bond acceptors (Lipinski definition) is 5. The number of hydrogen-bond donors (Lipinski definition) is 2. The molecule has 114 valence electrons. The number of nitrogens with zero attached hydrogens (tertiary/aromatic N) is 1. The lowest BCUT2D eigenvalue weighted by molar-refractivity contribution is 0.0935. The molecule has 2 saturated heterocycles. The number of aromatic nitrogens is 1. The van der Waals surface area contributed by atoms with E-state index >= 15 is 0 Å². The van der Waals surface area contributed by atoms with E-state index in [-0.39, 0.29) is 5.91 Å². The molecule has 4 nitrogen and oxygen atoms in total. The molecule has 0 spiro atoms. The van der Waals surface area contributed by atoms with E-state index in [1.165, 1.54) is 24.2 Å². The summed E-state index contributed by atoms with van der Waals surface area (Å²) in [4.78, 5) is 17.5. The fourth-order valence-electron chi connectivity index (χ4n) is 3.23. The first-order chi connectivity index (χ1) is 10.8. The first-order valence-corrected chi connectivity index (χ1v) is 9.17. The normalized spacial score (nSPS) is 26.3. The van der Waals surface area contributed by atoms with Crippen molar-refractivity contribution >= 4 is 29.0 Å². The van der Waals surface area contributed by atoms with Crippen LogP contribution in [0.25, 0.3) is 0 Å². The Bertz CT molecular complexity index is 673. The van der Waals surface area contributed by atoms with Crippen molar-refractivity contribution < 1.29 is 4.79 Å². The Hall–Kier alpha value is -1.37. The van der Waals surface area contributed by atoms with Gasteiger partial charge in [0.15, 0.2) is 0 Å². The van der Waals surface area contributed by atoms with E-state index in [9.17, 15) is 4.79 Å². The van der Waals surface area contributed by atoms with Crippen LogP contribution in [-0.4, -0.2) is 29.0 Å². The summed E-state index contributed by atoms with van der Waals surface area (Å²) in [6.45, 7) is 0. The first kappa shape index (κ1) is 14.2. The van der Waals surface area contributed by atoms with E-state index in [1.807, 2.05) is 30.3 Å². The van der Waals surface area contributed by atoms with Crippen molar-refractivity contribution in [3.05, 3.63) is 41.4 Å². The second-order valence-corrected chi connectivity index (χ2v) is 8.16. The highest BCUT2D eigenvalue weighted by Crippen LogP contribution is 2.33. The molecule has 0 radical (unpaired) electrons. The summed E-state index contributed by atoms with van der Waals surface area (Å²) in [5, 5.41) is 7.69. The van der Waals surface area contributed by atoms with Gasteiger partial charge in [-0.2, -0.15) is 0 Å². The summed E-state index contributed by atoms with van der Waals surface area (Å²) in [6.07, 6.45) is 5.28. The van der Waals surface area contributed by atoms with Gasteiger partial charge in [-0.05, 0) is 43.5 Å².